The van der Waals surface area contributed by atoms with Crippen molar-refractivity contribution in [3.63, 3.8) is 0 Å². The zero-order chi connectivity index (χ0) is 13.0. The van der Waals surface area contributed by atoms with Crippen LogP contribution in [-0.2, 0) is 6.42 Å². The van der Waals surface area contributed by atoms with Gasteiger partial charge >= 0.3 is 6.01 Å². The zero-order valence-corrected chi connectivity index (χ0v) is 10.2. The van der Waals surface area contributed by atoms with Crippen molar-refractivity contribution in [1.29, 1.82) is 0 Å². The van der Waals surface area contributed by atoms with Gasteiger partial charge in [0.15, 0.2) is 0 Å². The highest BCUT2D eigenvalue weighted by atomic mass is 35.5. The van der Waals surface area contributed by atoms with Crippen LogP contribution in [-0.4, -0.2) is 16.5 Å². The van der Waals surface area contributed by atoms with Gasteiger partial charge in [-0.05, 0) is 30.7 Å². The first-order valence-corrected chi connectivity index (χ1v) is 5.70. The maximum atomic E-state index is 13.2. The second-order valence-electron chi connectivity index (χ2n) is 3.59. The van der Waals surface area contributed by atoms with E-state index in [0.717, 1.165) is 5.56 Å². The van der Waals surface area contributed by atoms with Gasteiger partial charge in [0, 0.05) is 18.5 Å². The molecule has 1 aromatic carbocycles. The summed E-state index contributed by atoms with van der Waals surface area (Å²) in [7, 11) is 0. The fourth-order valence-corrected chi connectivity index (χ4v) is 1.45. The highest BCUT2D eigenvalue weighted by Gasteiger charge is 2.04. The quantitative estimate of drug-likeness (QED) is 0.925. The first-order chi connectivity index (χ1) is 8.69. The van der Waals surface area contributed by atoms with Crippen molar-refractivity contribution in [1.82, 2.24) is 9.97 Å². The number of nitrogens with two attached hydrogens (primary N) is 1. The van der Waals surface area contributed by atoms with E-state index in [1.165, 1.54) is 12.1 Å². The second-order valence-corrected chi connectivity index (χ2v) is 4.00. The minimum absolute atomic E-state index is 0.0431. The lowest BCUT2D eigenvalue weighted by atomic mass is 10.2. The van der Waals surface area contributed by atoms with Crippen molar-refractivity contribution in [2.45, 2.75) is 6.42 Å². The lowest BCUT2D eigenvalue weighted by Gasteiger charge is -2.04. The molecule has 6 heteroatoms. The first-order valence-electron chi connectivity index (χ1n) is 5.33. The van der Waals surface area contributed by atoms with E-state index >= 15 is 0 Å². The summed E-state index contributed by atoms with van der Waals surface area (Å²) in [6, 6.07) is 4.29. The largest absolute Gasteiger partial charge is 0.424 e. The molecular weight excluding hydrogens is 257 g/mol. The van der Waals surface area contributed by atoms with E-state index < -0.39 is 5.82 Å². The Hall–Kier alpha value is -1.72. The molecule has 0 aliphatic heterocycles. The van der Waals surface area contributed by atoms with Gasteiger partial charge in [-0.2, -0.15) is 0 Å². The summed E-state index contributed by atoms with van der Waals surface area (Å²) in [5.41, 5.74) is 6.34. The van der Waals surface area contributed by atoms with Crippen LogP contribution in [0.4, 0.5) is 4.39 Å². The van der Waals surface area contributed by atoms with Crippen molar-refractivity contribution >= 4 is 11.6 Å². The summed E-state index contributed by atoms with van der Waals surface area (Å²) in [5, 5.41) is 0.0431. The van der Waals surface area contributed by atoms with Crippen molar-refractivity contribution < 1.29 is 9.13 Å². The number of rotatable bonds is 4. The van der Waals surface area contributed by atoms with Crippen LogP contribution < -0.4 is 10.5 Å². The maximum Gasteiger partial charge on any atom is 0.321 e. The van der Waals surface area contributed by atoms with Crippen LogP contribution in [0.3, 0.4) is 0 Å². The molecule has 18 heavy (non-hydrogen) atoms. The van der Waals surface area contributed by atoms with Gasteiger partial charge in [-0.15, -0.1) is 0 Å². The molecule has 2 N–H and O–H groups in total. The molecule has 1 aromatic heterocycles. The molecule has 0 saturated carbocycles. The fraction of sp³-hybridized carbons (Fsp3) is 0.167. The summed E-state index contributed by atoms with van der Waals surface area (Å²) in [6.45, 7) is 0.534. The summed E-state index contributed by atoms with van der Waals surface area (Å²) in [4.78, 5) is 8.00. The van der Waals surface area contributed by atoms with E-state index in [1.54, 1.807) is 18.5 Å². The van der Waals surface area contributed by atoms with Gasteiger partial charge in [0.2, 0.25) is 0 Å². The van der Waals surface area contributed by atoms with Crippen LogP contribution >= 0.6 is 11.6 Å². The van der Waals surface area contributed by atoms with Gasteiger partial charge in [-0.1, -0.05) is 11.6 Å². The van der Waals surface area contributed by atoms with Crippen LogP contribution in [0.15, 0.2) is 30.6 Å². The number of aromatic nitrogens is 2. The van der Waals surface area contributed by atoms with Gasteiger partial charge in [0.05, 0.1) is 5.02 Å². The number of hydrogen-bond acceptors (Lipinski definition) is 4. The Kier molecular flexibility index (Phi) is 4.07. The standard InChI is InChI=1S/C12H11ClFN3O/c13-10-2-1-9(5-11(10)14)18-12-16-6-8(3-4-15)7-17-12/h1-2,5-7H,3-4,15H2. The Labute approximate surface area is 109 Å². The molecule has 4 nitrogen and oxygen atoms in total. The Bertz CT molecular complexity index is 533. The molecule has 0 amide bonds. The zero-order valence-electron chi connectivity index (χ0n) is 9.44. The summed E-state index contributed by atoms with van der Waals surface area (Å²) >= 11 is 5.57. The van der Waals surface area contributed by atoms with Crippen LogP contribution in [0.1, 0.15) is 5.56 Å². The molecular formula is C12H11ClFN3O. The number of nitrogens with zero attached hydrogens (tertiary/aromatic N) is 2. The van der Waals surface area contributed by atoms with Crippen molar-refractivity contribution in [3.8, 4) is 11.8 Å². The molecule has 0 atom stereocenters. The number of hydrogen-bond donors (Lipinski definition) is 1. The predicted molar refractivity (Wildman–Crippen MR) is 66.3 cm³/mol. The van der Waals surface area contributed by atoms with Gasteiger partial charge in [0.1, 0.15) is 11.6 Å². The third-order valence-corrected chi connectivity index (χ3v) is 2.52. The van der Waals surface area contributed by atoms with Gasteiger partial charge < -0.3 is 10.5 Å². The number of ether oxygens (including phenoxy) is 1. The molecule has 0 aliphatic rings. The molecule has 0 saturated heterocycles. The Morgan fingerprint density at radius 1 is 1.28 bits per heavy atom. The number of halogens is 2. The molecule has 0 bridgehead atoms. The molecule has 0 aliphatic carbocycles. The minimum Gasteiger partial charge on any atom is -0.424 e. The van der Waals surface area contributed by atoms with E-state index in [0.29, 0.717) is 18.7 Å². The third-order valence-electron chi connectivity index (χ3n) is 2.21. The molecule has 94 valence electrons. The second kappa shape index (κ2) is 5.75. The average molecular weight is 268 g/mol. The third kappa shape index (κ3) is 3.15. The molecule has 2 rings (SSSR count). The van der Waals surface area contributed by atoms with E-state index in [9.17, 15) is 4.39 Å². The lowest BCUT2D eigenvalue weighted by Crippen LogP contribution is -2.03. The van der Waals surface area contributed by atoms with Crippen LogP contribution in [0, 0.1) is 5.82 Å². The topological polar surface area (TPSA) is 61.0 Å². The van der Waals surface area contributed by atoms with Gasteiger partial charge in [0.25, 0.3) is 0 Å². The Balaban J connectivity index is 2.10. The minimum atomic E-state index is -0.547. The molecule has 0 fully saturated rings. The van der Waals surface area contributed by atoms with E-state index in [4.69, 9.17) is 22.1 Å². The summed E-state index contributed by atoms with van der Waals surface area (Å²) in [6.07, 6.45) is 3.96. The van der Waals surface area contributed by atoms with Crippen molar-refractivity contribution in [2.75, 3.05) is 6.54 Å². The van der Waals surface area contributed by atoms with Gasteiger partial charge in [-0.25, -0.2) is 14.4 Å². The molecule has 0 spiro atoms. The summed E-state index contributed by atoms with van der Waals surface area (Å²) < 4.78 is 18.5. The van der Waals surface area contributed by atoms with E-state index in [2.05, 4.69) is 9.97 Å². The molecule has 0 radical (unpaired) electrons. The smallest absolute Gasteiger partial charge is 0.321 e. The highest BCUT2D eigenvalue weighted by molar-refractivity contribution is 6.30. The van der Waals surface area contributed by atoms with Crippen molar-refractivity contribution in [3.05, 3.63) is 47.0 Å². The Morgan fingerprint density at radius 2 is 2.00 bits per heavy atom. The predicted octanol–water partition coefficient (Wildman–Crippen LogP) is 2.56. The van der Waals surface area contributed by atoms with Crippen LogP contribution in [0.5, 0.6) is 11.8 Å². The number of benzene rings is 1. The normalized spacial score (nSPS) is 10.4. The Morgan fingerprint density at radius 3 is 2.61 bits per heavy atom. The molecule has 1 heterocycles. The van der Waals surface area contributed by atoms with Crippen molar-refractivity contribution in [2.24, 2.45) is 5.73 Å². The van der Waals surface area contributed by atoms with Crippen LogP contribution in [0.2, 0.25) is 5.02 Å². The highest BCUT2D eigenvalue weighted by Crippen LogP contribution is 2.23. The SMILES string of the molecule is NCCc1cnc(Oc2ccc(Cl)c(F)c2)nc1. The average Bonchev–Trinajstić information content (AvgIpc) is 2.37. The molecule has 0 unspecified atom stereocenters. The first kappa shape index (κ1) is 12.7. The summed E-state index contributed by atoms with van der Waals surface area (Å²) in [5.74, 6) is -0.252. The van der Waals surface area contributed by atoms with E-state index in [1.807, 2.05) is 0 Å². The maximum absolute atomic E-state index is 13.2. The molecule has 2 aromatic rings. The fourth-order valence-electron chi connectivity index (χ4n) is 1.34. The monoisotopic (exact) mass is 267 g/mol. The van der Waals surface area contributed by atoms with E-state index in [-0.39, 0.29) is 11.0 Å². The van der Waals surface area contributed by atoms with Gasteiger partial charge in [-0.3, -0.25) is 0 Å². The lowest BCUT2D eigenvalue weighted by molar-refractivity contribution is 0.437. The van der Waals surface area contributed by atoms with Crippen LogP contribution in [0.25, 0.3) is 0 Å².